The molecule has 1 amide bonds. The monoisotopic (exact) mass is 327 g/mol. The third-order valence-corrected chi connectivity index (χ3v) is 2.81. The van der Waals surface area contributed by atoms with Crippen LogP contribution in [0.3, 0.4) is 0 Å². The van der Waals surface area contributed by atoms with Crippen LogP contribution in [0, 0.1) is 0 Å². The van der Waals surface area contributed by atoms with Gasteiger partial charge in [-0.3, -0.25) is 4.79 Å². The zero-order valence-electron chi connectivity index (χ0n) is 11.1. The van der Waals surface area contributed by atoms with E-state index in [1.165, 1.54) is 26.4 Å². The zero-order chi connectivity index (χ0) is 16.2. The highest BCUT2D eigenvalue weighted by atomic mass is 35.5. The normalized spacial score (nSPS) is 12.7. The first-order valence-electron chi connectivity index (χ1n) is 5.65. The summed E-state index contributed by atoms with van der Waals surface area (Å²) in [7, 11) is 2.67. The molecule has 0 aromatic heterocycles. The smallest absolute Gasteiger partial charge is 0.416 e. The highest BCUT2D eigenvalue weighted by Crippen LogP contribution is 2.35. The second-order valence-electron chi connectivity index (χ2n) is 3.96. The lowest BCUT2D eigenvalue weighted by Crippen LogP contribution is -2.40. The fraction of sp³-hybridized carbons (Fsp3) is 0.417. The molecule has 21 heavy (non-hydrogen) atoms. The number of carbonyl (C=O) groups excluding carboxylic acids is 1. The van der Waals surface area contributed by atoms with Crippen molar-refractivity contribution in [1.29, 1.82) is 0 Å². The quantitative estimate of drug-likeness (QED) is 0.868. The largest absolute Gasteiger partial charge is 0.493 e. The molecule has 1 aromatic carbocycles. The second-order valence-corrected chi connectivity index (χ2v) is 4.37. The molecule has 0 heterocycles. The van der Waals surface area contributed by atoms with Crippen LogP contribution in [0.5, 0.6) is 11.5 Å². The Morgan fingerprint density at radius 3 is 2.48 bits per heavy atom. The van der Waals surface area contributed by atoms with Crippen molar-refractivity contribution in [3.63, 3.8) is 0 Å². The molecule has 0 bridgehead atoms. The summed E-state index contributed by atoms with van der Waals surface area (Å²) in [5.41, 5.74) is -0.0213. The SMILES string of the molecule is COc1cc(C(=O)NCC(O)C(F)(F)F)cc(Cl)c1OC. The Morgan fingerprint density at radius 2 is 2.00 bits per heavy atom. The van der Waals surface area contributed by atoms with E-state index in [0.717, 1.165) is 0 Å². The summed E-state index contributed by atoms with van der Waals surface area (Å²) in [4.78, 5) is 11.8. The number of hydrogen-bond donors (Lipinski definition) is 2. The number of hydrogen-bond acceptors (Lipinski definition) is 4. The van der Waals surface area contributed by atoms with Gasteiger partial charge < -0.3 is 19.9 Å². The summed E-state index contributed by atoms with van der Waals surface area (Å²) >= 11 is 5.88. The number of alkyl halides is 3. The van der Waals surface area contributed by atoms with Gasteiger partial charge in [0.1, 0.15) is 0 Å². The standard InChI is InChI=1S/C12H13ClF3NO4/c1-20-8-4-6(3-7(13)10(8)21-2)11(19)17-5-9(18)12(14,15)16/h3-4,9,18H,5H2,1-2H3,(H,17,19). The maximum absolute atomic E-state index is 12.1. The first-order valence-corrected chi connectivity index (χ1v) is 6.03. The van der Waals surface area contributed by atoms with Crippen molar-refractivity contribution in [2.45, 2.75) is 12.3 Å². The van der Waals surface area contributed by atoms with Crippen molar-refractivity contribution in [2.24, 2.45) is 0 Å². The molecule has 0 fully saturated rings. The predicted molar refractivity (Wildman–Crippen MR) is 69.0 cm³/mol. The summed E-state index contributed by atoms with van der Waals surface area (Å²) in [5, 5.41) is 10.8. The van der Waals surface area contributed by atoms with Crippen LogP contribution in [0.25, 0.3) is 0 Å². The van der Waals surface area contributed by atoms with Crippen molar-refractivity contribution < 1.29 is 32.5 Å². The van der Waals surface area contributed by atoms with Gasteiger partial charge in [-0.25, -0.2) is 0 Å². The predicted octanol–water partition coefficient (Wildman–Crippen LogP) is 2.01. The van der Waals surface area contributed by atoms with E-state index >= 15 is 0 Å². The number of benzene rings is 1. The summed E-state index contributed by atoms with van der Waals surface area (Å²) in [6.45, 7) is -0.964. The lowest BCUT2D eigenvalue weighted by Gasteiger charge is -2.16. The van der Waals surface area contributed by atoms with E-state index in [9.17, 15) is 18.0 Å². The number of aliphatic hydroxyl groups is 1. The minimum absolute atomic E-state index is 0.0213. The first-order chi connectivity index (χ1) is 9.70. The highest BCUT2D eigenvalue weighted by Gasteiger charge is 2.38. The molecule has 1 aromatic rings. The number of nitrogens with one attached hydrogen (secondary N) is 1. The molecule has 0 saturated heterocycles. The number of amides is 1. The molecule has 0 radical (unpaired) electrons. The third-order valence-electron chi connectivity index (χ3n) is 2.53. The second kappa shape index (κ2) is 6.86. The maximum atomic E-state index is 12.1. The van der Waals surface area contributed by atoms with E-state index in [0.29, 0.717) is 0 Å². The average Bonchev–Trinajstić information content (AvgIpc) is 2.42. The van der Waals surface area contributed by atoms with Gasteiger partial charge >= 0.3 is 6.18 Å². The summed E-state index contributed by atoms with van der Waals surface area (Å²) in [6.07, 6.45) is -7.44. The van der Waals surface area contributed by atoms with E-state index in [2.05, 4.69) is 0 Å². The molecule has 0 aliphatic rings. The fourth-order valence-electron chi connectivity index (χ4n) is 1.46. The van der Waals surface area contributed by atoms with E-state index in [1.807, 2.05) is 5.32 Å². The molecule has 0 aliphatic carbocycles. The van der Waals surface area contributed by atoms with E-state index in [1.54, 1.807) is 0 Å². The van der Waals surface area contributed by atoms with Crippen LogP contribution in [-0.2, 0) is 0 Å². The molecule has 118 valence electrons. The average molecular weight is 328 g/mol. The Hall–Kier alpha value is -1.67. The molecular formula is C12H13ClF3NO4. The molecule has 2 N–H and O–H groups in total. The third kappa shape index (κ3) is 4.40. The number of carbonyl (C=O) groups is 1. The Labute approximate surface area is 123 Å². The van der Waals surface area contributed by atoms with Crippen molar-refractivity contribution in [3.8, 4) is 11.5 Å². The number of aliphatic hydroxyl groups excluding tert-OH is 1. The lowest BCUT2D eigenvalue weighted by atomic mass is 10.2. The van der Waals surface area contributed by atoms with Gasteiger partial charge in [0.25, 0.3) is 5.91 Å². The van der Waals surface area contributed by atoms with Crippen LogP contribution in [0.2, 0.25) is 5.02 Å². The van der Waals surface area contributed by atoms with Crippen LogP contribution in [-0.4, -0.2) is 44.1 Å². The Morgan fingerprint density at radius 1 is 1.38 bits per heavy atom. The summed E-state index contributed by atoms with van der Waals surface area (Å²) in [6, 6.07) is 2.48. The number of methoxy groups -OCH3 is 2. The van der Waals surface area contributed by atoms with Crippen molar-refractivity contribution in [3.05, 3.63) is 22.7 Å². The molecular weight excluding hydrogens is 315 g/mol. The van der Waals surface area contributed by atoms with Gasteiger partial charge in [-0.15, -0.1) is 0 Å². The van der Waals surface area contributed by atoms with Crippen LogP contribution >= 0.6 is 11.6 Å². The van der Waals surface area contributed by atoms with Crippen LogP contribution in [0.4, 0.5) is 13.2 Å². The van der Waals surface area contributed by atoms with E-state index in [4.69, 9.17) is 26.2 Å². The molecule has 0 saturated carbocycles. The van der Waals surface area contributed by atoms with Crippen LogP contribution in [0.15, 0.2) is 12.1 Å². The summed E-state index contributed by atoms with van der Waals surface area (Å²) in [5.74, 6) is -0.473. The molecule has 0 aliphatic heterocycles. The van der Waals surface area contributed by atoms with E-state index < -0.39 is 24.7 Å². The van der Waals surface area contributed by atoms with Crippen molar-refractivity contribution >= 4 is 17.5 Å². The Kier molecular flexibility index (Phi) is 5.68. The molecule has 9 heteroatoms. The van der Waals surface area contributed by atoms with Gasteiger partial charge in [0.2, 0.25) is 0 Å². The minimum atomic E-state index is -4.80. The van der Waals surface area contributed by atoms with E-state index in [-0.39, 0.29) is 22.1 Å². The Balaban J connectivity index is 2.86. The minimum Gasteiger partial charge on any atom is -0.493 e. The molecule has 1 unspecified atom stereocenters. The van der Waals surface area contributed by atoms with Crippen molar-refractivity contribution in [1.82, 2.24) is 5.32 Å². The van der Waals surface area contributed by atoms with Gasteiger partial charge in [0.15, 0.2) is 17.6 Å². The molecule has 5 nitrogen and oxygen atoms in total. The molecule has 1 atom stereocenters. The Bertz CT molecular complexity index is 522. The first kappa shape index (κ1) is 17.4. The van der Waals surface area contributed by atoms with Gasteiger partial charge in [0, 0.05) is 5.56 Å². The topological polar surface area (TPSA) is 67.8 Å². The zero-order valence-corrected chi connectivity index (χ0v) is 11.9. The highest BCUT2D eigenvalue weighted by molar-refractivity contribution is 6.32. The van der Waals surface area contributed by atoms with Crippen LogP contribution in [0.1, 0.15) is 10.4 Å². The molecule has 1 rings (SSSR count). The summed E-state index contributed by atoms with van der Waals surface area (Å²) < 4.78 is 46.3. The fourth-order valence-corrected chi connectivity index (χ4v) is 1.74. The molecule has 0 spiro atoms. The number of halogens is 4. The van der Waals surface area contributed by atoms with Gasteiger partial charge in [-0.1, -0.05) is 11.6 Å². The van der Waals surface area contributed by atoms with Crippen LogP contribution < -0.4 is 14.8 Å². The van der Waals surface area contributed by atoms with Gasteiger partial charge in [0.05, 0.1) is 25.8 Å². The lowest BCUT2D eigenvalue weighted by molar-refractivity contribution is -0.201. The number of rotatable bonds is 5. The van der Waals surface area contributed by atoms with Gasteiger partial charge in [-0.05, 0) is 12.1 Å². The number of ether oxygens (including phenoxy) is 2. The maximum Gasteiger partial charge on any atom is 0.416 e. The van der Waals surface area contributed by atoms with Gasteiger partial charge in [-0.2, -0.15) is 13.2 Å². The van der Waals surface area contributed by atoms with Crippen molar-refractivity contribution in [2.75, 3.05) is 20.8 Å².